The van der Waals surface area contributed by atoms with E-state index in [4.69, 9.17) is 4.74 Å². The van der Waals surface area contributed by atoms with Crippen LogP contribution in [0.5, 0.6) is 0 Å². The highest BCUT2D eigenvalue weighted by Crippen LogP contribution is 2.49. The first-order chi connectivity index (χ1) is 13.2. The average molecular weight is 368 g/mol. The average Bonchev–Trinajstić information content (AvgIpc) is 3.28. The summed E-state index contributed by atoms with van der Waals surface area (Å²) >= 11 is 0. The Hall–Kier alpha value is -2.41. The van der Waals surface area contributed by atoms with Crippen molar-refractivity contribution in [1.82, 2.24) is 20.1 Å². The number of rotatable bonds is 4. The van der Waals surface area contributed by atoms with Gasteiger partial charge in [0.05, 0.1) is 25.7 Å². The maximum absolute atomic E-state index is 13.1. The van der Waals surface area contributed by atoms with Crippen LogP contribution in [-0.4, -0.2) is 39.1 Å². The minimum Gasteiger partial charge on any atom is -0.376 e. The molecule has 2 unspecified atom stereocenters. The number of ether oxygens (including phenoxy) is 1. The fraction of sp³-hybridized carbons (Fsp3) is 0.550. The maximum atomic E-state index is 13.1. The number of amides is 1. The molecule has 1 amide bonds. The minimum atomic E-state index is -0.309. The molecule has 0 radical (unpaired) electrons. The zero-order chi connectivity index (χ0) is 18.4. The molecule has 0 bridgehead atoms. The molecule has 2 aliphatic heterocycles. The van der Waals surface area contributed by atoms with Gasteiger partial charge in [0.2, 0.25) is 5.91 Å². The molecule has 3 aliphatic rings. The van der Waals surface area contributed by atoms with E-state index in [1.165, 1.54) is 24.0 Å². The molecule has 1 saturated heterocycles. The summed E-state index contributed by atoms with van der Waals surface area (Å²) in [5.74, 6) is 1.76. The quantitative estimate of drug-likeness (QED) is 0.860. The van der Waals surface area contributed by atoms with Gasteiger partial charge < -0.3 is 9.64 Å². The van der Waals surface area contributed by atoms with E-state index >= 15 is 0 Å². The number of carbonyl (C=O) groups excluding carboxylic acids is 1. The Bertz CT molecular complexity index is 914. The zero-order valence-corrected chi connectivity index (χ0v) is 15.2. The Labute approximate surface area is 157 Å². The number of H-pyrrole nitrogens is 2. The number of hydrogen-bond acceptors (Lipinski definition) is 4. The fourth-order valence-electron chi connectivity index (χ4n) is 4.69. The lowest BCUT2D eigenvalue weighted by molar-refractivity contribution is -0.132. The second kappa shape index (κ2) is 6.64. The second-order valence-corrected chi connectivity index (χ2v) is 7.97. The first-order valence-corrected chi connectivity index (χ1v) is 9.81. The molecule has 1 aromatic heterocycles. The molecule has 2 aromatic rings. The Morgan fingerprint density at radius 3 is 2.93 bits per heavy atom. The number of nitrogens with zero attached hydrogens (tertiary/aromatic N) is 2. The van der Waals surface area contributed by atoms with Crippen molar-refractivity contribution < 1.29 is 9.53 Å². The Morgan fingerprint density at radius 2 is 2.15 bits per heavy atom. The SMILES string of the molecule is O=C(Cc1ccc2c(c1)CCOC2)N1CCC(C2CC2)C1c1n[nH]c(=O)[nH]1. The molecule has 3 heterocycles. The summed E-state index contributed by atoms with van der Waals surface area (Å²) in [6.07, 6.45) is 4.70. The summed E-state index contributed by atoms with van der Waals surface area (Å²) in [6, 6.07) is 6.15. The van der Waals surface area contributed by atoms with Crippen LogP contribution in [0.4, 0.5) is 0 Å². The van der Waals surface area contributed by atoms with Gasteiger partial charge in [-0.15, -0.1) is 0 Å². The van der Waals surface area contributed by atoms with Crippen LogP contribution in [0, 0.1) is 11.8 Å². The van der Waals surface area contributed by atoms with Crippen LogP contribution in [0.2, 0.25) is 0 Å². The molecule has 2 atom stereocenters. The van der Waals surface area contributed by atoms with Crippen LogP contribution >= 0.6 is 0 Å². The van der Waals surface area contributed by atoms with E-state index in [0.717, 1.165) is 31.6 Å². The molecule has 27 heavy (non-hydrogen) atoms. The van der Waals surface area contributed by atoms with Crippen LogP contribution in [0.25, 0.3) is 0 Å². The third kappa shape index (κ3) is 3.20. The smallest absolute Gasteiger partial charge is 0.340 e. The minimum absolute atomic E-state index is 0.110. The van der Waals surface area contributed by atoms with Gasteiger partial charge in [-0.2, -0.15) is 5.10 Å². The second-order valence-electron chi connectivity index (χ2n) is 7.97. The van der Waals surface area contributed by atoms with Gasteiger partial charge in [-0.05, 0) is 54.2 Å². The molecule has 7 nitrogen and oxygen atoms in total. The van der Waals surface area contributed by atoms with Crippen molar-refractivity contribution in [2.75, 3.05) is 13.2 Å². The Morgan fingerprint density at radius 1 is 1.26 bits per heavy atom. The monoisotopic (exact) mass is 368 g/mol. The van der Waals surface area contributed by atoms with E-state index in [1.807, 2.05) is 11.0 Å². The summed E-state index contributed by atoms with van der Waals surface area (Å²) in [7, 11) is 0. The lowest BCUT2D eigenvalue weighted by Crippen LogP contribution is -2.34. The molecule has 7 heteroatoms. The van der Waals surface area contributed by atoms with Crippen molar-refractivity contribution >= 4 is 5.91 Å². The third-order valence-electron chi connectivity index (χ3n) is 6.19. The van der Waals surface area contributed by atoms with E-state index in [-0.39, 0.29) is 17.6 Å². The number of likely N-dealkylation sites (tertiary alicyclic amines) is 1. The highest BCUT2D eigenvalue weighted by molar-refractivity contribution is 5.79. The van der Waals surface area contributed by atoms with E-state index in [2.05, 4.69) is 27.3 Å². The predicted molar refractivity (Wildman–Crippen MR) is 98.0 cm³/mol. The van der Waals surface area contributed by atoms with Crippen LogP contribution in [0.1, 0.15) is 47.8 Å². The van der Waals surface area contributed by atoms with Gasteiger partial charge in [0.15, 0.2) is 5.82 Å². The molecule has 2 N–H and O–H groups in total. The topological polar surface area (TPSA) is 91.1 Å². The fourth-order valence-corrected chi connectivity index (χ4v) is 4.69. The van der Waals surface area contributed by atoms with Crippen molar-refractivity contribution in [1.29, 1.82) is 0 Å². The molecule has 0 spiro atoms. The van der Waals surface area contributed by atoms with Crippen LogP contribution in [0.3, 0.4) is 0 Å². The number of nitrogens with one attached hydrogen (secondary N) is 2. The van der Waals surface area contributed by atoms with Crippen molar-refractivity contribution in [2.24, 2.45) is 11.8 Å². The number of benzene rings is 1. The van der Waals surface area contributed by atoms with Crippen LogP contribution < -0.4 is 5.69 Å². The summed E-state index contributed by atoms with van der Waals surface area (Å²) < 4.78 is 5.49. The van der Waals surface area contributed by atoms with Crippen molar-refractivity contribution in [3.8, 4) is 0 Å². The predicted octanol–water partition coefficient (Wildman–Crippen LogP) is 1.71. The summed E-state index contributed by atoms with van der Waals surface area (Å²) in [5, 5.41) is 6.61. The summed E-state index contributed by atoms with van der Waals surface area (Å²) in [5.41, 5.74) is 3.25. The number of aromatic nitrogens is 3. The normalized spacial score (nSPS) is 24.8. The highest BCUT2D eigenvalue weighted by Gasteiger charge is 2.46. The summed E-state index contributed by atoms with van der Waals surface area (Å²) in [4.78, 5) is 29.4. The molecule has 5 rings (SSSR count). The molecular weight excluding hydrogens is 344 g/mol. The van der Waals surface area contributed by atoms with E-state index in [9.17, 15) is 9.59 Å². The standard InChI is InChI=1S/C20H24N4O3/c25-17(10-12-1-2-15-11-27-8-6-14(15)9-12)24-7-5-16(13-3-4-13)18(24)19-21-20(26)23-22-19/h1-2,9,13,16,18H,3-8,10-11H2,(H2,21,22,23,26). The van der Waals surface area contributed by atoms with Gasteiger partial charge in [0.1, 0.15) is 0 Å². The summed E-state index contributed by atoms with van der Waals surface area (Å²) in [6.45, 7) is 2.14. The maximum Gasteiger partial charge on any atom is 0.340 e. The molecule has 142 valence electrons. The zero-order valence-electron chi connectivity index (χ0n) is 15.2. The largest absolute Gasteiger partial charge is 0.376 e. The van der Waals surface area contributed by atoms with E-state index in [0.29, 0.717) is 30.7 Å². The Kier molecular flexibility index (Phi) is 4.11. The molecule has 1 aromatic carbocycles. The number of carbonyl (C=O) groups is 1. The van der Waals surface area contributed by atoms with E-state index < -0.39 is 0 Å². The van der Waals surface area contributed by atoms with E-state index in [1.54, 1.807) is 0 Å². The number of aromatic amines is 2. The first-order valence-electron chi connectivity index (χ1n) is 9.81. The van der Waals surface area contributed by atoms with Crippen LogP contribution in [0.15, 0.2) is 23.0 Å². The van der Waals surface area contributed by atoms with Crippen molar-refractivity contribution in [3.63, 3.8) is 0 Å². The van der Waals surface area contributed by atoms with Crippen molar-refractivity contribution in [3.05, 3.63) is 51.2 Å². The number of fused-ring (bicyclic) bond motifs is 1. The third-order valence-corrected chi connectivity index (χ3v) is 6.19. The lowest BCUT2D eigenvalue weighted by atomic mass is 9.94. The van der Waals surface area contributed by atoms with Gasteiger partial charge in [-0.25, -0.2) is 9.89 Å². The first kappa shape index (κ1) is 16.7. The molecular formula is C20H24N4O3. The van der Waals surface area contributed by atoms with Gasteiger partial charge in [-0.1, -0.05) is 18.2 Å². The molecule has 1 saturated carbocycles. The van der Waals surface area contributed by atoms with Gasteiger partial charge in [-0.3, -0.25) is 9.78 Å². The van der Waals surface area contributed by atoms with Gasteiger partial charge in [0, 0.05) is 6.54 Å². The van der Waals surface area contributed by atoms with Crippen molar-refractivity contribution in [2.45, 2.75) is 44.8 Å². The van der Waals surface area contributed by atoms with Gasteiger partial charge >= 0.3 is 5.69 Å². The van der Waals surface area contributed by atoms with Gasteiger partial charge in [0.25, 0.3) is 0 Å². The Balaban J connectivity index is 1.37. The molecule has 2 fully saturated rings. The number of hydrogen-bond donors (Lipinski definition) is 2. The van der Waals surface area contributed by atoms with Crippen LogP contribution in [-0.2, 0) is 29.0 Å². The lowest BCUT2D eigenvalue weighted by Gasteiger charge is -2.27. The molecule has 1 aliphatic carbocycles. The highest BCUT2D eigenvalue weighted by atomic mass is 16.5.